The Morgan fingerprint density at radius 1 is 1.47 bits per heavy atom. The van der Waals surface area contributed by atoms with Gasteiger partial charge < -0.3 is 5.32 Å². The molecule has 1 aromatic heterocycles. The Kier molecular flexibility index (Phi) is 4.25. The minimum Gasteiger partial charge on any atom is -0.359 e. The summed E-state index contributed by atoms with van der Waals surface area (Å²) >= 11 is 7.19. The van der Waals surface area contributed by atoms with Crippen molar-refractivity contribution in [1.29, 1.82) is 5.26 Å². The van der Waals surface area contributed by atoms with Crippen molar-refractivity contribution in [3.05, 3.63) is 10.0 Å². The average molecular weight is 270 g/mol. The first kappa shape index (κ1) is 12.7. The van der Waals surface area contributed by atoms with Crippen LogP contribution in [0.15, 0.2) is 0 Å². The van der Waals surface area contributed by atoms with Gasteiger partial charge in [0.15, 0.2) is 10.3 Å². The van der Waals surface area contributed by atoms with Gasteiger partial charge in [0.2, 0.25) is 0 Å². The van der Waals surface area contributed by atoms with Gasteiger partial charge in [-0.3, -0.25) is 0 Å². The van der Waals surface area contributed by atoms with Gasteiger partial charge in [0, 0.05) is 6.04 Å². The molecule has 5 heteroatoms. The second-order valence-electron chi connectivity index (χ2n) is 4.58. The number of hydrogen-bond donors (Lipinski definition) is 1. The standard InChI is InChI=1S/C12H16ClN3S/c1-8(9-5-3-2-4-6-9)15-12-16-11(13)10(7-14)17-12/h8-9H,2-6H2,1H3,(H,15,16). The van der Waals surface area contributed by atoms with Gasteiger partial charge in [-0.1, -0.05) is 42.2 Å². The maximum Gasteiger partial charge on any atom is 0.185 e. The summed E-state index contributed by atoms with van der Waals surface area (Å²) < 4.78 is 0. The summed E-state index contributed by atoms with van der Waals surface area (Å²) in [4.78, 5) is 4.66. The summed E-state index contributed by atoms with van der Waals surface area (Å²) in [5, 5.41) is 13.3. The average Bonchev–Trinajstić information content (AvgIpc) is 2.70. The molecule has 1 atom stereocenters. The second kappa shape index (κ2) is 5.70. The minimum absolute atomic E-state index is 0.316. The van der Waals surface area contributed by atoms with E-state index in [0.717, 1.165) is 11.0 Å². The van der Waals surface area contributed by atoms with Crippen LogP contribution in [-0.2, 0) is 0 Å². The van der Waals surface area contributed by atoms with Crippen LogP contribution >= 0.6 is 22.9 Å². The third kappa shape index (κ3) is 3.11. The van der Waals surface area contributed by atoms with Crippen LogP contribution in [0.4, 0.5) is 5.13 Å². The predicted molar refractivity (Wildman–Crippen MR) is 71.5 cm³/mol. The van der Waals surface area contributed by atoms with E-state index in [1.54, 1.807) is 0 Å². The Labute approximate surface area is 111 Å². The predicted octanol–water partition coefficient (Wildman–Crippen LogP) is 4.05. The Hall–Kier alpha value is -0.790. The lowest BCUT2D eigenvalue weighted by atomic mass is 9.85. The topological polar surface area (TPSA) is 48.7 Å². The summed E-state index contributed by atoms with van der Waals surface area (Å²) in [6, 6.07) is 2.46. The van der Waals surface area contributed by atoms with Crippen LogP contribution in [0.2, 0.25) is 5.15 Å². The lowest BCUT2D eigenvalue weighted by Crippen LogP contribution is -2.27. The zero-order chi connectivity index (χ0) is 12.3. The minimum atomic E-state index is 0.316. The summed E-state index contributed by atoms with van der Waals surface area (Å²) in [5.41, 5.74) is 0. The molecule has 17 heavy (non-hydrogen) atoms. The number of nitrogens with zero attached hydrogens (tertiary/aromatic N) is 2. The van der Waals surface area contributed by atoms with Crippen LogP contribution in [0, 0.1) is 17.2 Å². The van der Waals surface area contributed by atoms with E-state index in [4.69, 9.17) is 16.9 Å². The van der Waals surface area contributed by atoms with Crippen molar-refractivity contribution in [2.45, 2.75) is 45.1 Å². The molecule has 1 aliphatic carbocycles. The van der Waals surface area contributed by atoms with Crippen molar-refractivity contribution in [1.82, 2.24) is 4.98 Å². The lowest BCUT2D eigenvalue weighted by Gasteiger charge is -2.28. The molecule has 1 heterocycles. The van der Waals surface area contributed by atoms with Crippen molar-refractivity contribution < 1.29 is 0 Å². The first-order chi connectivity index (χ1) is 8.20. The number of aromatic nitrogens is 1. The van der Waals surface area contributed by atoms with Crippen molar-refractivity contribution >= 4 is 28.1 Å². The van der Waals surface area contributed by atoms with Gasteiger partial charge in [0.25, 0.3) is 0 Å². The van der Waals surface area contributed by atoms with E-state index >= 15 is 0 Å². The number of thiazole rings is 1. The Morgan fingerprint density at radius 3 is 2.76 bits per heavy atom. The van der Waals surface area contributed by atoms with Crippen LogP contribution in [0.3, 0.4) is 0 Å². The van der Waals surface area contributed by atoms with Gasteiger partial charge in [-0.2, -0.15) is 5.26 Å². The molecule has 1 fully saturated rings. The highest BCUT2D eigenvalue weighted by Crippen LogP contribution is 2.31. The summed E-state index contributed by atoms with van der Waals surface area (Å²) in [6.45, 7) is 2.19. The fraction of sp³-hybridized carbons (Fsp3) is 0.667. The zero-order valence-corrected chi connectivity index (χ0v) is 11.4. The lowest BCUT2D eigenvalue weighted by molar-refractivity contribution is 0.328. The van der Waals surface area contributed by atoms with E-state index in [0.29, 0.717) is 16.1 Å². The molecule has 3 nitrogen and oxygen atoms in total. The number of nitriles is 1. The normalized spacial score (nSPS) is 18.6. The number of hydrogen-bond acceptors (Lipinski definition) is 4. The van der Waals surface area contributed by atoms with Crippen molar-refractivity contribution in [3.63, 3.8) is 0 Å². The van der Waals surface area contributed by atoms with Gasteiger partial charge in [-0.25, -0.2) is 4.98 Å². The molecule has 0 amide bonds. The van der Waals surface area contributed by atoms with Crippen molar-refractivity contribution in [3.8, 4) is 6.07 Å². The quantitative estimate of drug-likeness (QED) is 0.901. The highest BCUT2D eigenvalue weighted by Gasteiger charge is 2.21. The molecule has 0 aliphatic heterocycles. The fourth-order valence-electron chi connectivity index (χ4n) is 2.38. The first-order valence-corrected chi connectivity index (χ1v) is 7.23. The summed E-state index contributed by atoms with van der Waals surface area (Å²) in [7, 11) is 0. The molecule has 0 radical (unpaired) electrons. The Bertz CT molecular complexity index is 418. The van der Waals surface area contributed by atoms with Crippen LogP contribution in [0.25, 0.3) is 0 Å². The number of nitrogens with one attached hydrogen (secondary N) is 1. The molecule has 2 rings (SSSR count). The number of halogens is 1. The van der Waals surface area contributed by atoms with Crippen LogP contribution < -0.4 is 5.32 Å². The van der Waals surface area contributed by atoms with Gasteiger partial charge in [-0.05, 0) is 25.7 Å². The highest BCUT2D eigenvalue weighted by atomic mass is 35.5. The molecule has 92 valence electrons. The molecular formula is C12H16ClN3S. The van der Waals surface area contributed by atoms with Crippen LogP contribution in [-0.4, -0.2) is 11.0 Å². The van der Waals surface area contributed by atoms with Gasteiger partial charge in [0.1, 0.15) is 10.9 Å². The van der Waals surface area contributed by atoms with E-state index in [1.807, 2.05) is 0 Å². The van der Waals surface area contributed by atoms with E-state index in [-0.39, 0.29) is 0 Å². The summed E-state index contributed by atoms with van der Waals surface area (Å²) in [6.07, 6.45) is 6.61. The molecule has 0 aromatic carbocycles. The van der Waals surface area contributed by atoms with Crippen molar-refractivity contribution in [2.75, 3.05) is 5.32 Å². The molecule has 0 bridgehead atoms. The van der Waals surface area contributed by atoms with Crippen LogP contribution in [0.1, 0.15) is 43.9 Å². The monoisotopic (exact) mass is 269 g/mol. The van der Waals surface area contributed by atoms with Crippen molar-refractivity contribution in [2.24, 2.45) is 5.92 Å². The van der Waals surface area contributed by atoms with E-state index < -0.39 is 0 Å². The first-order valence-electron chi connectivity index (χ1n) is 6.03. The molecule has 1 N–H and O–H groups in total. The molecular weight excluding hydrogens is 254 g/mol. The largest absolute Gasteiger partial charge is 0.359 e. The maximum absolute atomic E-state index is 8.82. The van der Waals surface area contributed by atoms with Crippen LogP contribution in [0.5, 0.6) is 0 Å². The Morgan fingerprint density at radius 2 is 2.18 bits per heavy atom. The zero-order valence-electron chi connectivity index (χ0n) is 9.87. The molecule has 0 saturated heterocycles. The molecule has 1 aliphatic rings. The fourth-order valence-corrected chi connectivity index (χ4v) is 3.42. The molecule has 0 spiro atoms. The number of rotatable bonds is 3. The SMILES string of the molecule is CC(Nc1nc(Cl)c(C#N)s1)C1CCCCC1. The molecule has 1 aromatic rings. The third-order valence-corrected chi connectivity index (χ3v) is 4.67. The number of anilines is 1. The third-order valence-electron chi connectivity index (χ3n) is 3.40. The highest BCUT2D eigenvalue weighted by molar-refractivity contribution is 7.16. The van der Waals surface area contributed by atoms with Gasteiger partial charge >= 0.3 is 0 Å². The van der Waals surface area contributed by atoms with E-state index in [9.17, 15) is 0 Å². The summed E-state index contributed by atoms with van der Waals surface area (Å²) in [5.74, 6) is 0.719. The Balaban J connectivity index is 1.97. The van der Waals surface area contributed by atoms with Gasteiger partial charge in [0.05, 0.1) is 0 Å². The van der Waals surface area contributed by atoms with E-state index in [2.05, 4.69) is 23.3 Å². The molecule has 1 unspecified atom stereocenters. The second-order valence-corrected chi connectivity index (χ2v) is 5.94. The van der Waals surface area contributed by atoms with E-state index in [1.165, 1.54) is 43.4 Å². The smallest absolute Gasteiger partial charge is 0.185 e. The molecule has 1 saturated carbocycles. The van der Waals surface area contributed by atoms with Gasteiger partial charge in [-0.15, -0.1) is 0 Å². The maximum atomic E-state index is 8.82.